The lowest BCUT2D eigenvalue weighted by molar-refractivity contribution is -0.147. The highest BCUT2D eigenvalue weighted by molar-refractivity contribution is 6.35. The van der Waals surface area contributed by atoms with Crippen LogP contribution in [0.2, 0.25) is 10.0 Å². The molecule has 1 aliphatic rings. The summed E-state index contributed by atoms with van der Waals surface area (Å²) in [7, 11) is 0. The first-order valence-corrected chi connectivity index (χ1v) is 13.8. The number of nitrogens with one attached hydrogen (secondary N) is 2. The second-order valence-corrected chi connectivity index (χ2v) is 11.0. The summed E-state index contributed by atoms with van der Waals surface area (Å²) in [6.07, 6.45) is -2.93. The van der Waals surface area contributed by atoms with Gasteiger partial charge in [0.05, 0.1) is 12.6 Å². The maximum atomic E-state index is 14.6. The zero-order valence-electron chi connectivity index (χ0n) is 22.5. The highest BCUT2D eigenvalue weighted by atomic mass is 35.5. The van der Waals surface area contributed by atoms with Gasteiger partial charge in [0, 0.05) is 34.1 Å². The van der Waals surface area contributed by atoms with Crippen molar-refractivity contribution >= 4 is 40.9 Å². The Balaban J connectivity index is 1.55. The molecule has 1 saturated heterocycles. The smallest absolute Gasteiger partial charge is 0.267 e. The number of rotatable bonds is 9. The molecule has 4 rings (SSSR count). The number of phenolic OH excluding ortho intramolecular Hbond substituents is 1. The van der Waals surface area contributed by atoms with Gasteiger partial charge in [-0.05, 0) is 48.7 Å². The van der Waals surface area contributed by atoms with Crippen LogP contribution in [-0.2, 0) is 22.6 Å². The lowest BCUT2D eigenvalue weighted by Crippen LogP contribution is -2.56. The number of halogens is 4. The van der Waals surface area contributed by atoms with E-state index in [-0.39, 0.29) is 34.9 Å². The average molecular weight is 620 g/mol. The quantitative estimate of drug-likeness (QED) is 0.285. The minimum Gasteiger partial charge on any atom is -0.508 e. The van der Waals surface area contributed by atoms with E-state index in [4.69, 9.17) is 23.2 Å². The molecule has 0 bridgehead atoms. The third-order valence-corrected chi connectivity index (χ3v) is 7.71. The molecule has 1 aliphatic heterocycles. The molecule has 0 spiro atoms. The Hall–Kier alpha value is -3.73. The molecular formula is C30H29Cl2F2N3O5. The van der Waals surface area contributed by atoms with Crippen LogP contribution >= 0.6 is 23.2 Å². The predicted molar refractivity (Wildman–Crippen MR) is 154 cm³/mol. The molecule has 12 heteroatoms. The van der Waals surface area contributed by atoms with Crippen LogP contribution in [0.25, 0.3) is 0 Å². The topological polar surface area (TPSA) is 119 Å². The van der Waals surface area contributed by atoms with Gasteiger partial charge in [0.15, 0.2) is 6.10 Å². The third kappa shape index (κ3) is 7.36. The van der Waals surface area contributed by atoms with Gasteiger partial charge < -0.3 is 25.7 Å². The molecule has 3 aromatic rings. The number of carbonyl (C=O) groups excluding carboxylic acids is 3. The van der Waals surface area contributed by atoms with E-state index in [0.717, 1.165) is 0 Å². The van der Waals surface area contributed by atoms with Gasteiger partial charge in [-0.2, -0.15) is 0 Å². The summed E-state index contributed by atoms with van der Waals surface area (Å²) in [5, 5.41) is 27.0. The van der Waals surface area contributed by atoms with Gasteiger partial charge in [0.1, 0.15) is 11.8 Å². The van der Waals surface area contributed by atoms with E-state index in [9.17, 15) is 33.4 Å². The van der Waals surface area contributed by atoms with Crippen molar-refractivity contribution in [1.82, 2.24) is 15.5 Å². The zero-order valence-corrected chi connectivity index (χ0v) is 24.0. The standard InChI is InChI=1S/C30H29Cl2F2N3O5/c1-17-21(8-5-9-25(17)38)27(40)36-23(12-18-6-3-2-4-7-18)26(39)29(42)37-16-30(33,34)14-24(37)28(41)35-15-19-10-11-20(31)13-22(19)32/h2-11,13,23-24,26,38-39H,12,14-16H2,1H3,(H,35,41)(H,36,40)/t23-,24-,26-/m0/s1. The molecule has 3 atom stereocenters. The van der Waals surface area contributed by atoms with Gasteiger partial charge in [-0.1, -0.05) is 65.7 Å². The van der Waals surface area contributed by atoms with Gasteiger partial charge in [-0.15, -0.1) is 0 Å². The maximum Gasteiger partial charge on any atom is 0.267 e. The summed E-state index contributed by atoms with van der Waals surface area (Å²) < 4.78 is 29.2. The highest BCUT2D eigenvalue weighted by Crippen LogP contribution is 2.33. The van der Waals surface area contributed by atoms with Crippen LogP contribution in [0.4, 0.5) is 8.78 Å². The van der Waals surface area contributed by atoms with Crippen LogP contribution < -0.4 is 10.6 Å². The number of aromatic hydroxyl groups is 1. The number of benzene rings is 3. The van der Waals surface area contributed by atoms with Gasteiger partial charge >= 0.3 is 0 Å². The number of hydrogen-bond acceptors (Lipinski definition) is 5. The van der Waals surface area contributed by atoms with Crippen molar-refractivity contribution in [2.45, 2.75) is 50.4 Å². The van der Waals surface area contributed by atoms with Gasteiger partial charge in [0.2, 0.25) is 5.91 Å². The van der Waals surface area contributed by atoms with Crippen LogP contribution in [0.3, 0.4) is 0 Å². The molecule has 3 amide bonds. The summed E-state index contributed by atoms with van der Waals surface area (Å²) in [6, 6.07) is 14.8. The van der Waals surface area contributed by atoms with Gasteiger partial charge in [-0.3, -0.25) is 14.4 Å². The van der Waals surface area contributed by atoms with Crippen molar-refractivity contribution in [3.8, 4) is 5.75 Å². The van der Waals surface area contributed by atoms with Crippen LogP contribution in [0.5, 0.6) is 5.75 Å². The molecule has 0 aliphatic carbocycles. The van der Waals surface area contributed by atoms with E-state index in [0.29, 0.717) is 21.0 Å². The molecule has 8 nitrogen and oxygen atoms in total. The Bertz CT molecular complexity index is 1470. The summed E-state index contributed by atoms with van der Waals surface area (Å²) in [4.78, 5) is 40.3. The average Bonchev–Trinajstić information content (AvgIpc) is 3.28. The van der Waals surface area contributed by atoms with Crippen molar-refractivity contribution in [1.29, 1.82) is 0 Å². The van der Waals surface area contributed by atoms with E-state index in [1.54, 1.807) is 42.5 Å². The fraction of sp³-hybridized carbons (Fsp3) is 0.300. The Kier molecular flexibility index (Phi) is 9.71. The summed E-state index contributed by atoms with van der Waals surface area (Å²) >= 11 is 12.0. The molecule has 0 radical (unpaired) electrons. The number of carbonyl (C=O) groups is 3. The Morgan fingerprint density at radius 1 is 1.07 bits per heavy atom. The molecule has 4 N–H and O–H groups in total. The van der Waals surface area contributed by atoms with Crippen molar-refractivity contribution in [2.24, 2.45) is 0 Å². The minimum absolute atomic E-state index is 0.0203. The molecule has 0 aromatic heterocycles. The highest BCUT2D eigenvalue weighted by Gasteiger charge is 2.51. The van der Waals surface area contributed by atoms with Crippen LogP contribution in [0, 0.1) is 6.92 Å². The first-order valence-electron chi connectivity index (χ1n) is 13.1. The van der Waals surface area contributed by atoms with Crippen LogP contribution in [-0.4, -0.2) is 63.5 Å². The SMILES string of the molecule is Cc1c(O)cccc1C(=O)N[C@@H](Cc1ccccc1)[C@H](O)C(=O)N1CC(F)(F)C[C@H]1C(=O)NCc1ccc(Cl)cc1Cl. The Labute approximate surface area is 251 Å². The number of amides is 3. The second kappa shape index (κ2) is 13.1. The molecule has 42 heavy (non-hydrogen) atoms. The molecule has 222 valence electrons. The lowest BCUT2D eigenvalue weighted by atomic mass is 9.98. The summed E-state index contributed by atoms with van der Waals surface area (Å²) in [6.45, 7) is 0.350. The Morgan fingerprint density at radius 2 is 1.79 bits per heavy atom. The van der Waals surface area contributed by atoms with E-state index < -0.39 is 54.8 Å². The van der Waals surface area contributed by atoms with Gasteiger partial charge in [-0.25, -0.2) is 8.78 Å². The first-order chi connectivity index (χ1) is 19.9. The maximum absolute atomic E-state index is 14.6. The van der Waals surface area contributed by atoms with E-state index >= 15 is 0 Å². The molecular weight excluding hydrogens is 591 g/mol. The number of aliphatic hydroxyl groups excluding tert-OH is 1. The number of aliphatic hydroxyl groups is 1. The fourth-order valence-corrected chi connectivity index (χ4v) is 5.29. The Morgan fingerprint density at radius 3 is 2.48 bits per heavy atom. The van der Waals surface area contributed by atoms with Crippen molar-refractivity contribution < 1.29 is 33.4 Å². The molecule has 0 saturated carbocycles. The zero-order chi connectivity index (χ0) is 30.6. The minimum atomic E-state index is -3.38. The normalized spacial score (nSPS) is 17.4. The monoisotopic (exact) mass is 619 g/mol. The fourth-order valence-electron chi connectivity index (χ4n) is 4.82. The number of likely N-dealkylation sites (tertiary alicyclic amines) is 1. The van der Waals surface area contributed by atoms with E-state index in [1.165, 1.54) is 31.2 Å². The van der Waals surface area contributed by atoms with Crippen molar-refractivity contribution in [2.75, 3.05) is 6.54 Å². The third-order valence-electron chi connectivity index (χ3n) is 7.12. The van der Waals surface area contributed by atoms with Crippen LogP contribution in [0.15, 0.2) is 66.7 Å². The number of nitrogens with zero attached hydrogens (tertiary/aromatic N) is 1. The molecule has 0 unspecified atom stereocenters. The molecule has 3 aromatic carbocycles. The summed E-state index contributed by atoms with van der Waals surface area (Å²) in [5.74, 6) is -6.17. The molecule has 1 fully saturated rings. The number of phenols is 1. The molecule has 1 heterocycles. The first kappa shape index (κ1) is 31.2. The second-order valence-electron chi connectivity index (χ2n) is 10.2. The van der Waals surface area contributed by atoms with Gasteiger partial charge in [0.25, 0.3) is 17.7 Å². The van der Waals surface area contributed by atoms with Crippen molar-refractivity contribution in [3.63, 3.8) is 0 Å². The van der Waals surface area contributed by atoms with E-state index in [2.05, 4.69) is 10.6 Å². The van der Waals surface area contributed by atoms with Crippen LogP contribution in [0.1, 0.15) is 33.5 Å². The lowest BCUT2D eigenvalue weighted by Gasteiger charge is -2.30. The van der Waals surface area contributed by atoms with E-state index in [1.807, 2.05) is 0 Å². The summed E-state index contributed by atoms with van der Waals surface area (Å²) in [5.41, 5.74) is 1.54. The number of alkyl halides is 2. The predicted octanol–water partition coefficient (Wildman–Crippen LogP) is 4.26. The largest absolute Gasteiger partial charge is 0.508 e. The van der Waals surface area contributed by atoms with Crippen molar-refractivity contribution in [3.05, 3.63) is 99.0 Å². The number of hydrogen-bond donors (Lipinski definition) is 4.